The normalized spacial score (nSPS) is 11.3. The van der Waals surface area contributed by atoms with Crippen molar-refractivity contribution < 1.29 is 13.9 Å². The number of nitrogens with zero attached hydrogens (tertiary/aromatic N) is 2. The van der Waals surface area contributed by atoms with Crippen LogP contribution >= 0.6 is 0 Å². The highest BCUT2D eigenvalue weighted by Gasteiger charge is 2.02. The van der Waals surface area contributed by atoms with Crippen LogP contribution in [0.4, 0.5) is 4.39 Å². The molecule has 0 aliphatic carbocycles. The predicted octanol–water partition coefficient (Wildman–Crippen LogP) is 3.49. The highest BCUT2D eigenvalue weighted by molar-refractivity contribution is 5.79. The van der Waals surface area contributed by atoms with Gasteiger partial charge < -0.3 is 20.1 Å². The Kier molecular flexibility index (Phi) is 9.06. The number of aliphatic imine (C=N–C) groups is 1. The van der Waals surface area contributed by atoms with E-state index in [1.165, 1.54) is 12.1 Å². The summed E-state index contributed by atoms with van der Waals surface area (Å²) >= 11 is 0. The number of aromatic nitrogens is 1. The highest BCUT2D eigenvalue weighted by Crippen LogP contribution is 2.20. The third-order valence-electron chi connectivity index (χ3n) is 3.54. The SMILES string of the molecule is CCNC(=NCc1ccc(Oc2cccc(F)c2)nc1)NCCCOCC. The number of nitrogens with one attached hydrogen (secondary N) is 2. The summed E-state index contributed by atoms with van der Waals surface area (Å²) < 4.78 is 24.1. The molecule has 0 unspecified atom stereocenters. The first-order valence-electron chi connectivity index (χ1n) is 9.19. The molecule has 0 saturated heterocycles. The highest BCUT2D eigenvalue weighted by atomic mass is 19.1. The van der Waals surface area contributed by atoms with Gasteiger partial charge in [-0.25, -0.2) is 14.4 Å². The van der Waals surface area contributed by atoms with Crippen molar-refractivity contribution in [2.24, 2.45) is 4.99 Å². The largest absolute Gasteiger partial charge is 0.439 e. The topological polar surface area (TPSA) is 67.8 Å². The molecular formula is C20H27FN4O2. The number of rotatable bonds is 10. The van der Waals surface area contributed by atoms with Crippen LogP contribution in [0.3, 0.4) is 0 Å². The average Bonchev–Trinajstić information content (AvgIpc) is 2.67. The maximum absolute atomic E-state index is 13.2. The third kappa shape index (κ3) is 8.04. The second-order valence-corrected chi connectivity index (χ2v) is 5.74. The first kappa shape index (κ1) is 20.6. The Morgan fingerprint density at radius 3 is 2.78 bits per heavy atom. The zero-order valence-corrected chi connectivity index (χ0v) is 15.9. The molecule has 6 nitrogen and oxygen atoms in total. The lowest BCUT2D eigenvalue weighted by Gasteiger charge is -2.11. The molecule has 0 saturated carbocycles. The van der Waals surface area contributed by atoms with E-state index in [1.54, 1.807) is 24.4 Å². The van der Waals surface area contributed by atoms with Crippen LogP contribution in [0.5, 0.6) is 11.6 Å². The number of ether oxygens (including phenoxy) is 2. The summed E-state index contributed by atoms with van der Waals surface area (Å²) in [6.45, 7) is 7.56. The van der Waals surface area contributed by atoms with Gasteiger partial charge in [-0.05, 0) is 38.0 Å². The lowest BCUT2D eigenvalue weighted by atomic mass is 10.3. The fraction of sp³-hybridized carbons (Fsp3) is 0.400. The molecule has 0 spiro atoms. The molecule has 27 heavy (non-hydrogen) atoms. The number of hydrogen-bond acceptors (Lipinski definition) is 4. The van der Waals surface area contributed by atoms with E-state index in [1.807, 2.05) is 19.9 Å². The van der Waals surface area contributed by atoms with Crippen LogP contribution in [-0.4, -0.2) is 37.2 Å². The summed E-state index contributed by atoms with van der Waals surface area (Å²) in [5.41, 5.74) is 0.952. The molecule has 2 rings (SSSR count). The lowest BCUT2D eigenvalue weighted by Crippen LogP contribution is -2.38. The molecule has 0 aliphatic heterocycles. The van der Waals surface area contributed by atoms with Gasteiger partial charge in [-0.2, -0.15) is 0 Å². The Morgan fingerprint density at radius 2 is 2.07 bits per heavy atom. The summed E-state index contributed by atoms with van der Waals surface area (Å²) in [7, 11) is 0. The Hall–Kier alpha value is -2.67. The van der Waals surface area contributed by atoms with Crippen molar-refractivity contribution in [3.8, 4) is 11.6 Å². The van der Waals surface area contributed by atoms with Crippen LogP contribution in [0, 0.1) is 5.82 Å². The number of halogens is 1. The van der Waals surface area contributed by atoms with E-state index >= 15 is 0 Å². The molecular weight excluding hydrogens is 347 g/mol. The van der Waals surface area contributed by atoms with Gasteiger partial charge in [-0.1, -0.05) is 12.1 Å². The smallest absolute Gasteiger partial charge is 0.219 e. The average molecular weight is 374 g/mol. The molecule has 2 N–H and O–H groups in total. The second kappa shape index (κ2) is 11.9. The van der Waals surface area contributed by atoms with Crippen molar-refractivity contribution in [3.63, 3.8) is 0 Å². The zero-order chi connectivity index (χ0) is 19.3. The Morgan fingerprint density at radius 1 is 1.19 bits per heavy atom. The maximum Gasteiger partial charge on any atom is 0.219 e. The van der Waals surface area contributed by atoms with Crippen molar-refractivity contribution in [1.82, 2.24) is 15.6 Å². The minimum Gasteiger partial charge on any atom is -0.439 e. The van der Waals surface area contributed by atoms with Crippen LogP contribution in [0.15, 0.2) is 47.6 Å². The fourth-order valence-electron chi connectivity index (χ4n) is 2.25. The summed E-state index contributed by atoms with van der Waals surface area (Å²) in [4.78, 5) is 8.80. The molecule has 0 radical (unpaired) electrons. The molecule has 146 valence electrons. The van der Waals surface area contributed by atoms with Gasteiger partial charge in [0.15, 0.2) is 5.96 Å². The molecule has 1 aromatic heterocycles. The van der Waals surface area contributed by atoms with E-state index in [0.717, 1.165) is 44.2 Å². The number of hydrogen-bond donors (Lipinski definition) is 2. The third-order valence-corrected chi connectivity index (χ3v) is 3.54. The standard InChI is InChI=1S/C20H27FN4O2/c1-3-22-20(23-11-6-12-26-4-2)25-15-16-9-10-19(24-14-16)27-18-8-5-7-17(21)13-18/h5,7-10,13-14H,3-4,6,11-12,15H2,1-2H3,(H2,22,23,25). The van der Waals surface area contributed by atoms with Gasteiger partial charge in [0.05, 0.1) is 6.54 Å². The molecule has 0 amide bonds. The fourth-order valence-corrected chi connectivity index (χ4v) is 2.25. The summed E-state index contributed by atoms with van der Waals surface area (Å²) in [5, 5.41) is 6.49. The van der Waals surface area contributed by atoms with Gasteiger partial charge >= 0.3 is 0 Å². The molecule has 7 heteroatoms. The van der Waals surface area contributed by atoms with E-state index < -0.39 is 0 Å². The van der Waals surface area contributed by atoms with Crippen molar-refractivity contribution in [2.75, 3.05) is 26.3 Å². The molecule has 1 aromatic carbocycles. The molecule has 0 aliphatic rings. The van der Waals surface area contributed by atoms with E-state index in [4.69, 9.17) is 9.47 Å². The van der Waals surface area contributed by atoms with Crippen LogP contribution in [0.2, 0.25) is 0 Å². The van der Waals surface area contributed by atoms with E-state index in [0.29, 0.717) is 18.2 Å². The summed E-state index contributed by atoms with van der Waals surface area (Å²) in [5.74, 6) is 1.24. The zero-order valence-electron chi connectivity index (χ0n) is 15.9. The van der Waals surface area contributed by atoms with Gasteiger partial charge in [0.25, 0.3) is 0 Å². The predicted molar refractivity (Wildman–Crippen MR) is 105 cm³/mol. The first-order valence-corrected chi connectivity index (χ1v) is 9.19. The molecule has 0 fully saturated rings. The monoisotopic (exact) mass is 374 g/mol. The van der Waals surface area contributed by atoms with Gasteiger partial charge in [0, 0.05) is 44.6 Å². The summed E-state index contributed by atoms with van der Waals surface area (Å²) in [6, 6.07) is 9.61. The number of guanidine groups is 1. The molecule has 1 heterocycles. The second-order valence-electron chi connectivity index (χ2n) is 5.74. The quantitative estimate of drug-likeness (QED) is 0.379. The van der Waals surface area contributed by atoms with E-state index in [-0.39, 0.29) is 5.82 Å². The van der Waals surface area contributed by atoms with Crippen LogP contribution in [0.25, 0.3) is 0 Å². The molecule has 0 bridgehead atoms. The molecule has 0 atom stereocenters. The van der Waals surface area contributed by atoms with Gasteiger partial charge in [-0.3, -0.25) is 0 Å². The minimum absolute atomic E-state index is 0.344. The van der Waals surface area contributed by atoms with Gasteiger partial charge in [-0.15, -0.1) is 0 Å². The first-order chi connectivity index (χ1) is 13.2. The molecule has 2 aromatic rings. The maximum atomic E-state index is 13.2. The van der Waals surface area contributed by atoms with Crippen LogP contribution in [0.1, 0.15) is 25.8 Å². The number of benzene rings is 1. The lowest BCUT2D eigenvalue weighted by molar-refractivity contribution is 0.145. The van der Waals surface area contributed by atoms with E-state index in [9.17, 15) is 4.39 Å². The Labute approximate surface area is 159 Å². The minimum atomic E-state index is -0.344. The van der Waals surface area contributed by atoms with Crippen LogP contribution < -0.4 is 15.4 Å². The van der Waals surface area contributed by atoms with Gasteiger partial charge in [0.2, 0.25) is 5.88 Å². The summed E-state index contributed by atoms with van der Waals surface area (Å²) in [6.07, 6.45) is 2.63. The number of pyridine rings is 1. The van der Waals surface area contributed by atoms with E-state index in [2.05, 4.69) is 20.6 Å². The Bertz CT molecular complexity index is 707. The Balaban J connectivity index is 1.86. The van der Waals surface area contributed by atoms with Crippen molar-refractivity contribution in [1.29, 1.82) is 0 Å². The van der Waals surface area contributed by atoms with Crippen LogP contribution in [-0.2, 0) is 11.3 Å². The van der Waals surface area contributed by atoms with Crippen molar-refractivity contribution in [3.05, 3.63) is 54.0 Å². The van der Waals surface area contributed by atoms with Crippen molar-refractivity contribution >= 4 is 5.96 Å². The van der Waals surface area contributed by atoms with Gasteiger partial charge in [0.1, 0.15) is 11.6 Å². The van der Waals surface area contributed by atoms with Crippen molar-refractivity contribution in [2.45, 2.75) is 26.8 Å².